The lowest BCUT2D eigenvalue weighted by Gasteiger charge is -2.21. The third kappa shape index (κ3) is 44.5. The van der Waals surface area contributed by atoms with Crippen molar-refractivity contribution in [2.45, 2.75) is 105 Å². The highest BCUT2D eigenvalue weighted by Crippen LogP contribution is 2.24. The number of carbonyl (C=O) groups is 3. The van der Waals surface area contributed by atoms with Crippen LogP contribution < -0.4 is 10.6 Å². The fraction of sp³-hybridized carbons (Fsp3) is 0.914. The van der Waals surface area contributed by atoms with Crippen molar-refractivity contribution >= 4 is 82.7 Å². The molecule has 0 spiro atoms. The van der Waals surface area contributed by atoms with Crippen molar-refractivity contribution in [1.82, 2.24) is 25.3 Å². The van der Waals surface area contributed by atoms with Gasteiger partial charge in [0.1, 0.15) is 6.10 Å². The van der Waals surface area contributed by atoms with Gasteiger partial charge in [-0.1, -0.05) is 99.4 Å². The Morgan fingerprint density at radius 1 is 0.549 bits per heavy atom. The Balaban J connectivity index is -0.000000678. The zero-order valence-corrected chi connectivity index (χ0v) is 39.0. The summed E-state index contributed by atoms with van der Waals surface area (Å²) in [6.45, 7) is 15.3. The number of nitrogens with zero attached hydrogens (tertiary/aromatic N) is 3. The molecule has 0 saturated carbocycles. The minimum Gasteiger partial charge on any atom is -0.460 e. The molecule has 0 aromatic rings. The van der Waals surface area contributed by atoms with Crippen LogP contribution in [0.5, 0.6) is 0 Å². The number of amides is 2. The summed E-state index contributed by atoms with van der Waals surface area (Å²) in [5.41, 5.74) is 0. The summed E-state index contributed by atoms with van der Waals surface area (Å²) in [4.78, 5) is 40.7. The molecule has 3 atom stereocenters. The fourth-order valence-electron chi connectivity index (χ4n) is 3.82. The fourth-order valence-corrected chi connectivity index (χ4v) is 10.9. The molecule has 0 bridgehead atoms. The average molecular weight is 838 g/mol. The summed E-state index contributed by atoms with van der Waals surface area (Å²) in [7, 11) is 23.2. The number of hydrogen-bond acceptors (Lipinski definition) is 14. The molecule has 0 heterocycles. The van der Waals surface area contributed by atoms with E-state index in [1.54, 1.807) is 10.8 Å². The van der Waals surface area contributed by atoms with Crippen molar-refractivity contribution < 1.29 is 23.9 Å². The molecule has 0 aromatic heterocycles. The number of rotatable bonds is 29. The van der Waals surface area contributed by atoms with Gasteiger partial charge in [-0.25, -0.2) is 4.79 Å². The summed E-state index contributed by atoms with van der Waals surface area (Å²) in [5.74, 6) is 6.36. The molecular weight excluding hydrogens is 763 g/mol. The van der Waals surface area contributed by atoms with E-state index < -0.39 is 0 Å². The Hall–Kier alpha value is 0.190. The largest absolute Gasteiger partial charge is 0.460 e. The predicted octanol–water partition coefficient (Wildman–Crippen LogP) is 8.13. The van der Waals surface area contributed by atoms with E-state index in [-0.39, 0.29) is 36.2 Å². The first-order valence-electron chi connectivity index (χ1n) is 18.4. The molecule has 0 aliphatic heterocycles. The first-order chi connectivity index (χ1) is 24.3. The second-order valence-corrected chi connectivity index (χ2v) is 20.4. The van der Waals surface area contributed by atoms with E-state index in [1.807, 2.05) is 117 Å². The van der Waals surface area contributed by atoms with Gasteiger partial charge in [0.25, 0.3) is 0 Å². The zero-order chi connectivity index (χ0) is 39.3. The number of esters is 1. The lowest BCUT2D eigenvalue weighted by atomic mass is 10.2. The summed E-state index contributed by atoms with van der Waals surface area (Å²) in [6, 6.07) is 0.400. The molecular formula is C35H75N5O5S6. The highest BCUT2D eigenvalue weighted by Gasteiger charge is 2.16. The van der Waals surface area contributed by atoms with Gasteiger partial charge in [0, 0.05) is 67.0 Å². The van der Waals surface area contributed by atoms with Crippen LogP contribution in [0.15, 0.2) is 0 Å². The quantitative estimate of drug-likeness (QED) is 0.0431. The van der Waals surface area contributed by atoms with E-state index in [1.165, 1.54) is 25.0 Å². The summed E-state index contributed by atoms with van der Waals surface area (Å²) in [5, 5.41) is 6.00. The Labute approximate surface area is 337 Å². The molecule has 0 saturated heterocycles. The summed E-state index contributed by atoms with van der Waals surface area (Å²) in [6.07, 6.45) is 6.20. The minimum atomic E-state index is -0.319. The standard InChI is InChI=1S/C12H26N2OS2.C12H25NO2S2.C11H24N2O2S2/c1-5-7-12(15)13-11(9-14(3)4)10-17-16-8-6-2;1-5-7-12(14)15-11(9-13(3)4)10-17-16-8-6-2;1-5-7-16-17-9-10(8-13(3)4)12-11(14)15-6-2/h11H,5-10H2,1-4H3,(H,13,15);11H,5-10H2,1-4H3;10H,5-9H2,1-4H3,(H,12,14). The van der Waals surface area contributed by atoms with Gasteiger partial charge in [-0.15, -0.1) is 0 Å². The summed E-state index contributed by atoms with van der Waals surface area (Å²) >= 11 is 0. The lowest BCUT2D eigenvalue weighted by molar-refractivity contribution is -0.148. The second-order valence-electron chi connectivity index (χ2n) is 12.5. The SMILES string of the molecule is CCCSSCC(CN(C)C)NC(=O)CCC.CCCSSCC(CN(C)C)NC(=O)OCC.CCCSSCC(CN(C)C)OC(=O)CCC. The number of hydrogen-bond donors (Lipinski definition) is 2. The van der Waals surface area contributed by atoms with Gasteiger partial charge in [0.05, 0.1) is 18.7 Å². The number of alkyl carbamates (subject to hydrolysis) is 1. The monoisotopic (exact) mass is 837 g/mol. The molecule has 0 fully saturated rings. The smallest absolute Gasteiger partial charge is 0.407 e. The zero-order valence-electron chi connectivity index (χ0n) is 34.1. The Morgan fingerprint density at radius 3 is 1.37 bits per heavy atom. The van der Waals surface area contributed by atoms with Crippen molar-refractivity contribution in [3.8, 4) is 0 Å². The van der Waals surface area contributed by atoms with Gasteiger partial charge in [-0.2, -0.15) is 0 Å². The molecule has 10 nitrogen and oxygen atoms in total. The van der Waals surface area contributed by atoms with Crippen LogP contribution in [0.1, 0.15) is 86.5 Å². The van der Waals surface area contributed by atoms with Gasteiger partial charge in [-0.05, 0) is 81.3 Å². The second kappa shape index (κ2) is 41.4. The molecule has 2 N–H and O–H groups in total. The van der Waals surface area contributed by atoms with E-state index in [2.05, 4.69) is 46.1 Å². The van der Waals surface area contributed by atoms with Crippen LogP contribution in [0.4, 0.5) is 4.79 Å². The van der Waals surface area contributed by atoms with Crippen molar-refractivity contribution in [2.75, 3.05) is 103 Å². The van der Waals surface area contributed by atoms with Crippen LogP contribution in [0.2, 0.25) is 0 Å². The van der Waals surface area contributed by atoms with Crippen LogP contribution in [0.3, 0.4) is 0 Å². The highest BCUT2D eigenvalue weighted by atomic mass is 33.1. The van der Waals surface area contributed by atoms with Gasteiger partial charge >= 0.3 is 12.1 Å². The van der Waals surface area contributed by atoms with Gasteiger partial charge in [0.2, 0.25) is 5.91 Å². The molecule has 0 aliphatic carbocycles. The molecule has 306 valence electrons. The van der Waals surface area contributed by atoms with E-state index in [9.17, 15) is 14.4 Å². The molecule has 51 heavy (non-hydrogen) atoms. The third-order valence-corrected chi connectivity index (χ3v) is 13.9. The highest BCUT2D eigenvalue weighted by molar-refractivity contribution is 8.77. The average Bonchev–Trinajstić information content (AvgIpc) is 3.03. The maximum absolute atomic E-state index is 11.6. The van der Waals surface area contributed by atoms with Crippen LogP contribution in [-0.2, 0) is 19.1 Å². The number of nitrogens with one attached hydrogen (secondary N) is 2. The van der Waals surface area contributed by atoms with E-state index >= 15 is 0 Å². The minimum absolute atomic E-state index is 0.0124. The predicted molar refractivity (Wildman–Crippen MR) is 237 cm³/mol. The molecule has 2 amide bonds. The molecule has 16 heteroatoms. The van der Waals surface area contributed by atoms with Gasteiger partial charge < -0.3 is 34.8 Å². The number of ether oxygens (including phenoxy) is 2. The lowest BCUT2D eigenvalue weighted by Crippen LogP contribution is -2.43. The maximum Gasteiger partial charge on any atom is 0.407 e. The first kappa shape index (κ1) is 55.5. The Morgan fingerprint density at radius 2 is 0.980 bits per heavy atom. The van der Waals surface area contributed by atoms with E-state index in [0.29, 0.717) is 19.4 Å². The van der Waals surface area contributed by atoms with Crippen LogP contribution in [0.25, 0.3) is 0 Å². The Kier molecular flexibility index (Phi) is 45.0. The normalized spacial score (nSPS) is 12.7. The summed E-state index contributed by atoms with van der Waals surface area (Å²) < 4.78 is 10.4. The van der Waals surface area contributed by atoms with Crippen molar-refractivity contribution in [3.05, 3.63) is 0 Å². The van der Waals surface area contributed by atoms with Crippen LogP contribution >= 0.6 is 64.8 Å². The van der Waals surface area contributed by atoms with Crippen LogP contribution in [-0.4, -0.2) is 154 Å². The van der Waals surface area contributed by atoms with E-state index in [4.69, 9.17) is 9.47 Å². The Bertz CT molecular complexity index is 706. The molecule has 0 radical (unpaired) electrons. The van der Waals surface area contributed by atoms with Gasteiger partial charge in [-0.3, -0.25) is 9.59 Å². The maximum atomic E-state index is 11.6. The number of likely N-dealkylation sites (N-methyl/N-ethyl adjacent to an activating group) is 3. The molecule has 0 rings (SSSR count). The topological polar surface area (TPSA) is 103 Å². The van der Waals surface area contributed by atoms with Crippen molar-refractivity contribution in [1.29, 1.82) is 0 Å². The third-order valence-electron chi connectivity index (χ3n) is 5.84. The van der Waals surface area contributed by atoms with Crippen molar-refractivity contribution in [3.63, 3.8) is 0 Å². The first-order valence-corrected chi connectivity index (χ1v) is 25.8. The molecule has 0 aromatic carbocycles. The van der Waals surface area contributed by atoms with Crippen molar-refractivity contribution in [2.24, 2.45) is 0 Å². The van der Waals surface area contributed by atoms with E-state index in [0.717, 1.165) is 61.2 Å². The molecule has 3 unspecified atom stereocenters. The molecule has 0 aliphatic rings. The van der Waals surface area contributed by atoms with Crippen LogP contribution in [0, 0.1) is 0 Å². The van der Waals surface area contributed by atoms with Gasteiger partial charge in [0.15, 0.2) is 0 Å². The number of carbonyl (C=O) groups excluding carboxylic acids is 3.